The number of allylic oxidation sites excluding steroid dienone is 1. The van der Waals surface area contributed by atoms with Crippen LogP contribution in [0.3, 0.4) is 0 Å². The molecule has 0 spiro atoms. The van der Waals surface area contributed by atoms with Crippen LogP contribution in [0.25, 0.3) is 6.08 Å². The highest BCUT2D eigenvalue weighted by molar-refractivity contribution is 7.07. The van der Waals surface area contributed by atoms with Gasteiger partial charge in [-0.15, -0.1) is 0 Å². The van der Waals surface area contributed by atoms with Crippen LogP contribution in [-0.4, -0.2) is 8.11 Å². The molecule has 1 aromatic rings. The van der Waals surface area contributed by atoms with E-state index in [9.17, 15) is 0 Å². The Labute approximate surface area is 85.5 Å². The Hall–Kier alpha value is -0.533. The molecule has 68 valence electrons. The van der Waals surface area contributed by atoms with Gasteiger partial charge in [-0.1, -0.05) is 43.3 Å². The largest absolute Gasteiger partial charge is 0.171 e. The second kappa shape index (κ2) is 3.68. The van der Waals surface area contributed by atoms with E-state index in [1.54, 1.807) is 0 Å². The molecule has 0 nitrogen and oxygen atoms in total. The summed E-state index contributed by atoms with van der Waals surface area (Å²) in [6.45, 7) is 2.19. The summed E-state index contributed by atoms with van der Waals surface area (Å²) >= 11 is 6.39. The molecule has 0 amide bonds. The van der Waals surface area contributed by atoms with Crippen molar-refractivity contribution < 1.29 is 0 Å². The normalized spacial score (nSPS) is 21.5. The lowest BCUT2D eigenvalue weighted by molar-refractivity contribution is 1.19. The van der Waals surface area contributed by atoms with Crippen LogP contribution in [0.1, 0.15) is 23.6 Å². The van der Waals surface area contributed by atoms with Crippen molar-refractivity contribution in [2.45, 2.75) is 18.5 Å². The van der Waals surface area contributed by atoms with Gasteiger partial charge in [-0.05, 0) is 17.2 Å². The van der Waals surface area contributed by atoms with Gasteiger partial charge in [0.1, 0.15) is 0 Å². The number of rotatable bonds is 2. The van der Waals surface area contributed by atoms with Crippen molar-refractivity contribution >= 4 is 25.3 Å². The van der Waals surface area contributed by atoms with Crippen molar-refractivity contribution in [2.75, 3.05) is 0 Å². The summed E-state index contributed by atoms with van der Waals surface area (Å²) in [6.07, 6.45) is 4.48. The number of halogens is 1. The Kier molecular flexibility index (Phi) is 2.56. The maximum absolute atomic E-state index is 6.39. The molecule has 0 aromatic heterocycles. The molecule has 1 aliphatic rings. The lowest BCUT2D eigenvalue weighted by atomic mass is 10.1. The highest BCUT2D eigenvalue weighted by Gasteiger charge is 2.23. The van der Waals surface area contributed by atoms with Crippen LogP contribution in [0.5, 0.6) is 0 Å². The quantitative estimate of drug-likeness (QED) is 0.517. The monoisotopic (exact) mass is 208 g/mol. The summed E-state index contributed by atoms with van der Waals surface area (Å²) in [5, 5.41) is 0. The molecule has 13 heavy (non-hydrogen) atoms. The molecule has 2 rings (SSSR count). The smallest absolute Gasteiger partial charge is 0.151 e. The Morgan fingerprint density at radius 3 is 2.92 bits per heavy atom. The molecular formula is C11H13ClSi. The minimum atomic E-state index is -1.09. The summed E-state index contributed by atoms with van der Waals surface area (Å²) < 4.78 is 0. The van der Waals surface area contributed by atoms with Gasteiger partial charge in [0.05, 0.1) is 0 Å². The molecule has 1 aliphatic carbocycles. The van der Waals surface area contributed by atoms with Crippen LogP contribution >= 0.6 is 11.1 Å². The van der Waals surface area contributed by atoms with E-state index in [1.165, 1.54) is 11.1 Å². The zero-order chi connectivity index (χ0) is 9.26. The third-order valence-corrected chi connectivity index (χ3v) is 6.50. The topological polar surface area (TPSA) is 0 Å². The van der Waals surface area contributed by atoms with Crippen LogP contribution in [0.2, 0.25) is 6.04 Å². The number of benzene rings is 1. The standard InChI is InChI=1S/C11H13ClSi/c1-2-13(12)11-8-7-9-5-3-4-6-10(9)11/h3-8,11,13H,2H2,1H3. The first-order chi connectivity index (χ1) is 6.33. The molecule has 2 atom stereocenters. The van der Waals surface area contributed by atoms with Gasteiger partial charge in [-0.25, -0.2) is 0 Å². The van der Waals surface area contributed by atoms with Crippen molar-refractivity contribution in [3.8, 4) is 0 Å². The second-order valence-electron chi connectivity index (χ2n) is 3.44. The number of hydrogen-bond acceptors (Lipinski definition) is 0. The molecule has 0 bridgehead atoms. The molecule has 1 aromatic carbocycles. The fourth-order valence-corrected chi connectivity index (χ4v) is 4.06. The van der Waals surface area contributed by atoms with E-state index in [4.69, 9.17) is 11.1 Å². The van der Waals surface area contributed by atoms with E-state index < -0.39 is 8.11 Å². The van der Waals surface area contributed by atoms with Crippen molar-refractivity contribution in [3.63, 3.8) is 0 Å². The fraction of sp³-hybridized carbons (Fsp3) is 0.273. The van der Waals surface area contributed by atoms with Gasteiger partial charge in [0, 0.05) is 5.54 Å². The summed E-state index contributed by atoms with van der Waals surface area (Å²) in [4.78, 5) is 0. The van der Waals surface area contributed by atoms with Crippen LogP contribution in [0, 0.1) is 0 Å². The van der Waals surface area contributed by atoms with E-state index in [-0.39, 0.29) is 0 Å². The maximum Gasteiger partial charge on any atom is 0.151 e. The average Bonchev–Trinajstić information content (AvgIpc) is 2.60. The maximum atomic E-state index is 6.39. The van der Waals surface area contributed by atoms with Gasteiger partial charge < -0.3 is 0 Å². The third kappa shape index (κ3) is 1.58. The number of hydrogen-bond donors (Lipinski definition) is 0. The van der Waals surface area contributed by atoms with Crippen LogP contribution in [-0.2, 0) is 0 Å². The molecule has 0 radical (unpaired) electrons. The SMILES string of the molecule is CC[SiH](Cl)C1C=Cc2ccccc21. The average molecular weight is 209 g/mol. The van der Waals surface area contributed by atoms with Gasteiger partial charge >= 0.3 is 0 Å². The molecule has 2 unspecified atom stereocenters. The predicted octanol–water partition coefficient (Wildman–Crippen LogP) is 3.32. The van der Waals surface area contributed by atoms with Crippen LogP contribution in [0.4, 0.5) is 0 Å². The first-order valence-electron chi connectivity index (χ1n) is 4.74. The lowest BCUT2D eigenvalue weighted by Gasteiger charge is -2.13. The predicted molar refractivity (Wildman–Crippen MR) is 61.7 cm³/mol. The van der Waals surface area contributed by atoms with E-state index in [2.05, 4.69) is 43.3 Å². The zero-order valence-corrected chi connectivity index (χ0v) is 9.61. The molecular weight excluding hydrogens is 196 g/mol. The first-order valence-corrected chi connectivity index (χ1v) is 7.97. The summed E-state index contributed by atoms with van der Waals surface area (Å²) in [6, 6.07) is 9.72. The summed E-state index contributed by atoms with van der Waals surface area (Å²) in [5.74, 6) is 0. The highest BCUT2D eigenvalue weighted by Crippen LogP contribution is 2.33. The van der Waals surface area contributed by atoms with E-state index >= 15 is 0 Å². The van der Waals surface area contributed by atoms with Crippen molar-refractivity contribution in [1.82, 2.24) is 0 Å². The zero-order valence-electron chi connectivity index (χ0n) is 7.70. The molecule has 0 heterocycles. The number of fused-ring (bicyclic) bond motifs is 1. The van der Waals surface area contributed by atoms with Gasteiger partial charge in [0.15, 0.2) is 8.11 Å². The Balaban J connectivity index is 2.33. The highest BCUT2D eigenvalue weighted by atomic mass is 35.6. The Morgan fingerprint density at radius 2 is 2.15 bits per heavy atom. The van der Waals surface area contributed by atoms with Gasteiger partial charge in [-0.3, -0.25) is 0 Å². The minimum Gasteiger partial charge on any atom is -0.171 e. The third-order valence-electron chi connectivity index (χ3n) is 2.62. The Morgan fingerprint density at radius 1 is 1.38 bits per heavy atom. The summed E-state index contributed by atoms with van der Waals surface area (Å²) in [7, 11) is -1.09. The van der Waals surface area contributed by atoms with E-state index in [1.807, 2.05) is 0 Å². The van der Waals surface area contributed by atoms with Gasteiger partial charge in [0.2, 0.25) is 0 Å². The van der Waals surface area contributed by atoms with Crippen molar-refractivity contribution in [3.05, 3.63) is 41.5 Å². The Bertz CT molecular complexity index is 333. The molecule has 2 heteroatoms. The van der Waals surface area contributed by atoms with Crippen LogP contribution < -0.4 is 0 Å². The fourth-order valence-electron chi connectivity index (χ4n) is 1.85. The van der Waals surface area contributed by atoms with Crippen molar-refractivity contribution in [2.24, 2.45) is 0 Å². The molecule has 0 fully saturated rings. The first kappa shape index (κ1) is 9.04. The second-order valence-corrected chi connectivity index (χ2v) is 7.69. The van der Waals surface area contributed by atoms with Gasteiger partial charge in [-0.2, -0.15) is 11.1 Å². The lowest BCUT2D eigenvalue weighted by Crippen LogP contribution is -2.12. The minimum absolute atomic E-state index is 0.558. The van der Waals surface area contributed by atoms with E-state index in [0.29, 0.717) is 5.54 Å². The van der Waals surface area contributed by atoms with E-state index in [0.717, 1.165) is 6.04 Å². The molecule has 0 aliphatic heterocycles. The summed E-state index contributed by atoms with van der Waals surface area (Å²) in [5.41, 5.74) is 3.36. The van der Waals surface area contributed by atoms with Gasteiger partial charge in [0.25, 0.3) is 0 Å². The molecule has 0 saturated carbocycles. The molecule has 0 N–H and O–H groups in total. The van der Waals surface area contributed by atoms with Crippen molar-refractivity contribution in [1.29, 1.82) is 0 Å². The molecule has 0 saturated heterocycles. The van der Waals surface area contributed by atoms with Crippen LogP contribution in [0.15, 0.2) is 30.3 Å².